The van der Waals surface area contributed by atoms with Crippen molar-refractivity contribution in [3.05, 3.63) is 35.4 Å². The summed E-state index contributed by atoms with van der Waals surface area (Å²) >= 11 is 2.85. The molecule has 4 nitrogen and oxygen atoms in total. The largest absolute Gasteiger partial charge is 0.353 e. The van der Waals surface area contributed by atoms with Gasteiger partial charge in [0.05, 0.1) is 0 Å². The van der Waals surface area contributed by atoms with Crippen molar-refractivity contribution in [2.24, 2.45) is 5.73 Å². The zero-order valence-electron chi connectivity index (χ0n) is 11.0. The Balaban J connectivity index is 1.99. The first-order valence-corrected chi connectivity index (χ1v) is 7.61. The van der Waals surface area contributed by atoms with Gasteiger partial charge in [0.1, 0.15) is 11.6 Å². The van der Waals surface area contributed by atoms with Gasteiger partial charge in [0.2, 0.25) is 5.13 Å². The van der Waals surface area contributed by atoms with E-state index < -0.39 is 17.7 Å². The van der Waals surface area contributed by atoms with Crippen molar-refractivity contribution in [1.29, 1.82) is 0 Å². The minimum Gasteiger partial charge on any atom is -0.353 e. The summed E-state index contributed by atoms with van der Waals surface area (Å²) in [7, 11) is 3.77. The van der Waals surface area contributed by atoms with E-state index in [0.717, 1.165) is 15.5 Å². The molecule has 8 heteroatoms. The maximum absolute atomic E-state index is 13.6. The predicted octanol–water partition coefficient (Wildman–Crippen LogP) is 2.67. The lowest BCUT2D eigenvalue weighted by Gasteiger charge is -2.11. The third-order valence-corrected chi connectivity index (χ3v) is 4.87. The molecule has 0 aliphatic rings. The van der Waals surface area contributed by atoms with Crippen LogP contribution in [0.4, 0.5) is 13.9 Å². The predicted molar refractivity (Wildman–Crippen MR) is 78.2 cm³/mol. The highest BCUT2D eigenvalue weighted by atomic mass is 32.2. The summed E-state index contributed by atoms with van der Waals surface area (Å²) in [4.78, 5) is 1.86. The fraction of sp³-hybridized carbons (Fsp3) is 0.333. The Morgan fingerprint density at radius 3 is 2.70 bits per heavy atom. The van der Waals surface area contributed by atoms with Gasteiger partial charge in [0.15, 0.2) is 4.34 Å². The minimum atomic E-state index is -0.621. The Hall–Kier alpha value is -1.25. The van der Waals surface area contributed by atoms with Gasteiger partial charge in [-0.15, -0.1) is 10.2 Å². The van der Waals surface area contributed by atoms with Crippen LogP contribution in [-0.4, -0.2) is 30.0 Å². The summed E-state index contributed by atoms with van der Waals surface area (Å²) in [6.07, 6.45) is 0. The monoisotopic (exact) mass is 316 g/mol. The van der Waals surface area contributed by atoms with Crippen LogP contribution in [0.3, 0.4) is 0 Å². The third kappa shape index (κ3) is 3.65. The molecule has 0 amide bonds. The summed E-state index contributed by atoms with van der Waals surface area (Å²) in [5.74, 6) is -0.778. The van der Waals surface area contributed by atoms with Crippen LogP contribution in [0, 0.1) is 11.6 Å². The summed E-state index contributed by atoms with van der Waals surface area (Å²) in [6.45, 7) is 0. The molecule has 2 rings (SSSR count). The first kappa shape index (κ1) is 15.1. The Bertz CT molecular complexity index is 589. The molecule has 0 bridgehead atoms. The third-order valence-electron chi connectivity index (χ3n) is 2.53. The first-order chi connectivity index (χ1) is 9.47. The van der Waals surface area contributed by atoms with Gasteiger partial charge in [-0.25, -0.2) is 8.78 Å². The Labute approximate surface area is 124 Å². The molecule has 108 valence electrons. The average molecular weight is 316 g/mol. The summed E-state index contributed by atoms with van der Waals surface area (Å²) < 4.78 is 27.2. The number of anilines is 1. The SMILES string of the molecule is CN(C)c1nnc(SCC(N)c2ccc(F)cc2F)s1. The van der Waals surface area contributed by atoms with Crippen LogP contribution in [0.25, 0.3) is 0 Å². The molecule has 0 aliphatic carbocycles. The number of aromatic nitrogens is 2. The Morgan fingerprint density at radius 2 is 2.10 bits per heavy atom. The number of halogens is 2. The fourth-order valence-corrected chi connectivity index (χ4v) is 3.26. The Kier molecular flexibility index (Phi) is 4.90. The van der Waals surface area contributed by atoms with E-state index in [-0.39, 0.29) is 0 Å². The lowest BCUT2D eigenvalue weighted by atomic mass is 10.1. The van der Waals surface area contributed by atoms with Crippen molar-refractivity contribution in [3.63, 3.8) is 0 Å². The lowest BCUT2D eigenvalue weighted by molar-refractivity contribution is 0.563. The van der Waals surface area contributed by atoms with E-state index in [1.807, 2.05) is 19.0 Å². The number of benzene rings is 1. The zero-order chi connectivity index (χ0) is 14.7. The molecular weight excluding hydrogens is 302 g/mol. The van der Waals surface area contributed by atoms with Gasteiger partial charge in [-0.2, -0.15) is 0 Å². The molecule has 1 aromatic heterocycles. The second-order valence-electron chi connectivity index (χ2n) is 4.33. The van der Waals surface area contributed by atoms with Gasteiger partial charge >= 0.3 is 0 Å². The smallest absolute Gasteiger partial charge is 0.208 e. The number of nitrogens with zero attached hydrogens (tertiary/aromatic N) is 3. The quantitative estimate of drug-likeness (QED) is 0.860. The van der Waals surface area contributed by atoms with Crippen LogP contribution in [0.5, 0.6) is 0 Å². The van der Waals surface area contributed by atoms with Crippen molar-refractivity contribution in [3.8, 4) is 0 Å². The normalized spacial score (nSPS) is 12.4. The van der Waals surface area contributed by atoms with E-state index >= 15 is 0 Å². The number of rotatable bonds is 5. The number of nitrogens with two attached hydrogens (primary N) is 1. The van der Waals surface area contributed by atoms with Gasteiger partial charge < -0.3 is 10.6 Å². The molecule has 1 aromatic carbocycles. The van der Waals surface area contributed by atoms with E-state index in [9.17, 15) is 8.78 Å². The summed E-state index contributed by atoms with van der Waals surface area (Å²) in [6, 6.07) is 2.90. The molecule has 2 aromatic rings. The van der Waals surface area contributed by atoms with Crippen molar-refractivity contribution >= 4 is 28.2 Å². The lowest BCUT2D eigenvalue weighted by Crippen LogP contribution is -2.14. The molecule has 20 heavy (non-hydrogen) atoms. The van der Waals surface area contributed by atoms with E-state index in [1.54, 1.807) is 0 Å². The number of hydrogen-bond donors (Lipinski definition) is 1. The molecule has 0 aliphatic heterocycles. The van der Waals surface area contributed by atoms with Crippen molar-refractivity contribution in [2.45, 2.75) is 10.4 Å². The maximum Gasteiger partial charge on any atom is 0.208 e. The van der Waals surface area contributed by atoms with Gasteiger partial charge in [0.25, 0.3) is 0 Å². The molecule has 0 spiro atoms. The number of hydrogen-bond acceptors (Lipinski definition) is 6. The highest BCUT2D eigenvalue weighted by Crippen LogP contribution is 2.29. The molecule has 1 unspecified atom stereocenters. The van der Waals surface area contributed by atoms with Crippen molar-refractivity contribution < 1.29 is 8.78 Å². The van der Waals surface area contributed by atoms with Gasteiger partial charge in [0, 0.05) is 37.5 Å². The van der Waals surface area contributed by atoms with Crippen LogP contribution in [0.1, 0.15) is 11.6 Å². The molecule has 1 atom stereocenters. The second kappa shape index (κ2) is 6.47. The maximum atomic E-state index is 13.6. The molecule has 0 fully saturated rings. The van der Waals surface area contributed by atoms with Crippen molar-refractivity contribution in [2.75, 3.05) is 24.7 Å². The van der Waals surface area contributed by atoms with Crippen LogP contribution in [0.15, 0.2) is 22.5 Å². The standard InChI is InChI=1S/C12H14F2N4S2/c1-18(2)11-16-17-12(20-11)19-6-10(15)8-4-3-7(13)5-9(8)14/h3-5,10H,6,15H2,1-2H3. The summed E-state index contributed by atoms with van der Waals surface area (Å²) in [5.41, 5.74) is 6.23. The Morgan fingerprint density at radius 1 is 1.35 bits per heavy atom. The zero-order valence-corrected chi connectivity index (χ0v) is 12.6. The molecular formula is C12H14F2N4S2. The fourth-order valence-electron chi connectivity index (χ4n) is 1.49. The second-order valence-corrected chi connectivity index (χ2v) is 6.55. The van der Waals surface area contributed by atoms with Gasteiger partial charge in [-0.05, 0) is 6.07 Å². The molecule has 0 saturated heterocycles. The van der Waals surface area contributed by atoms with Gasteiger partial charge in [-0.3, -0.25) is 0 Å². The van der Waals surface area contributed by atoms with Crippen LogP contribution < -0.4 is 10.6 Å². The molecule has 2 N–H and O–H groups in total. The van der Waals surface area contributed by atoms with Gasteiger partial charge in [-0.1, -0.05) is 29.2 Å². The average Bonchev–Trinajstić information content (AvgIpc) is 2.85. The van der Waals surface area contributed by atoms with Crippen LogP contribution >= 0.6 is 23.1 Å². The number of thioether (sulfide) groups is 1. The first-order valence-electron chi connectivity index (χ1n) is 5.81. The van der Waals surface area contributed by atoms with Crippen LogP contribution in [-0.2, 0) is 0 Å². The molecule has 0 radical (unpaired) electrons. The highest BCUT2D eigenvalue weighted by Gasteiger charge is 2.14. The summed E-state index contributed by atoms with van der Waals surface area (Å²) in [5, 5.41) is 8.82. The van der Waals surface area contributed by atoms with Crippen LogP contribution in [0.2, 0.25) is 0 Å². The van der Waals surface area contributed by atoms with E-state index in [1.165, 1.54) is 35.2 Å². The van der Waals surface area contributed by atoms with Crippen molar-refractivity contribution in [1.82, 2.24) is 10.2 Å². The van der Waals surface area contributed by atoms with E-state index in [0.29, 0.717) is 11.3 Å². The van der Waals surface area contributed by atoms with E-state index in [4.69, 9.17) is 5.73 Å². The minimum absolute atomic E-state index is 0.302. The molecule has 1 heterocycles. The highest BCUT2D eigenvalue weighted by molar-refractivity contribution is 8.01. The topological polar surface area (TPSA) is 55.0 Å². The molecule has 0 saturated carbocycles. The van der Waals surface area contributed by atoms with E-state index in [2.05, 4.69) is 10.2 Å².